The van der Waals surface area contributed by atoms with E-state index in [9.17, 15) is 14.7 Å². The number of nitrogens with one attached hydrogen (secondary N) is 2. The van der Waals surface area contributed by atoms with E-state index in [2.05, 4.69) is 69.5 Å². The quantitative estimate of drug-likeness (QED) is 0.236. The summed E-state index contributed by atoms with van der Waals surface area (Å²) in [4.78, 5) is 28.3. The molecule has 2 amide bonds. The highest BCUT2D eigenvalue weighted by Crippen LogP contribution is 2.22. The number of carbonyl (C=O) groups excluding carboxylic acids is 2. The lowest BCUT2D eigenvalue weighted by molar-refractivity contribution is 0.0755. The maximum Gasteiger partial charge on any atom is 0.253 e. The highest BCUT2D eigenvalue weighted by atomic mass is 16.3. The molecule has 3 aromatic carbocycles. The van der Waals surface area contributed by atoms with E-state index in [0.717, 1.165) is 24.0 Å². The summed E-state index contributed by atoms with van der Waals surface area (Å²) in [6.45, 7) is 13.0. The van der Waals surface area contributed by atoms with Gasteiger partial charge in [-0.25, -0.2) is 0 Å². The topological polar surface area (TPSA) is 81.7 Å². The average molecular weight is 558 g/mol. The summed E-state index contributed by atoms with van der Waals surface area (Å²) in [5.41, 5.74) is 4.44. The van der Waals surface area contributed by atoms with E-state index in [4.69, 9.17) is 0 Å². The maximum absolute atomic E-state index is 13.4. The van der Waals surface area contributed by atoms with Gasteiger partial charge in [-0.05, 0) is 59.6 Å². The van der Waals surface area contributed by atoms with E-state index in [-0.39, 0.29) is 17.2 Å². The number of benzene rings is 3. The predicted molar refractivity (Wildman–Crippen MR) is 167 cm³/mol. The minimum absolute atomic E-state index is 0.0658. The molecule has 41 heavy (non-hydrogen) atoms. The average Bonchev–Trinajstić information content (AvgIpc) is 2.96. The van der Waals surface area contributed by atoms with E-state index >= 15 is 0 Å². The van der Waals surface area contributed by atoms with Crippen LogP contribution in [0.15, 0.2) is 78.9 Å². The number of aliphatic hydroxyl groups excluding tert-OH is 1. The van der Waals surface area contributed by atoms with Crippen LogP contribution in [0.2, 0.25) is 0 Å². The lowest BCUT2D eigenvalue weighted by atomic mass is 9.87. The Morgan fingerprint density at radius 1 is 0.829 bits per heavy atom. The second-order valence-electron chi connectivity index (χ2n) is 11.8. The first-order chi connectivity index (χ1) is 19.6. The molecule has 0 radical (unpaired) electrons. The normalized spacial score (nSPS) is 12.9. The summed E-state index contributed by atoms with van der Waals surface area (Å²) in [7, 11) is 0. The van der Waals surface area contributed by atoms with Gasteiger partial charge in [-0.1, -0.05) is 95.3 Å². The van der Waals surface area contributed by atoms with Crippen LogP contribution < -0.4 is 10.6 Å². The van der Waals surface area contributed by atoms with Gasteiger partial charge in [-0.3, -0.25) is 9.59 Å². The first-order valence-electron chi connectivity index (χ1n) is 14.8. The van der Waals surface area contributed by atoms with E-state index in [0.29, 0.717) is 43.7 Å². The van der Waals surface area contributed by atoms with Gasteiger partial charge in [0.1, 0.15) is 0 Å². The van der Waals surface area contributed by atoms with Crippen molar-refractivity contribution >= 4 is 11.8 Å². The van der Waals surface area contributed by atoms with Crippen molar-refractivity contribution in [2.24, 2.45) is 0 Å². The molecule has 2 atom stereocenters. The Bertz CT molecular complexity index is 1230. The standard InChI is InChI=1S/C35H47N3O3/c1-6-20-38(21-7-2)34(41)29-15-11-14-28(23-29)33(40)37-31(22-26-12-9-8-10-13-26)32(39)25-36-24-27-16-18-30(19-17-27)35(3,4)5/h8-19,23,31-32,36,39H,6-7,20-22,24-25H2,1-5H3,(H,37,40)/t31-,32+/m0/s1. The molecule has 3 N–H and O–H groups in total. The van der Waals surface area contributed by atoms with Gasteiger partial charge in [-0.15, -0.1) is 0 Å². The number of nitrogens with zero attached hydrogens (tertiary/aromatic N) is 1. The molecular formula is C35H47N3O3. The molecule has 0 saturated heterocycles. The van der Waals surface area contributed by atoms with E-state index in [1.54, 1.807) is 24.3 Å². The van der Waals surface area contributed by atoms with Gasteiger partial charge in [0.2, 0.25) is 0 Å². The summed E-state index contributed by atoms with van der Waals surface area (Å²) in [5.74, 6) is -0.376. The number of aliphatic hydroxyl groups is 1. The lowest BCUT2D eigenvalue weighted by Crippen LogP contribution is -2.48. The van der Waals surface area contributed by atoms with Crippen LogP contribution in [0.3, 0.4) is 0 Å². The third kappa shape index (κ3) is 9.83. The number of carbonyl (C=O) groups is 2. The Hall–Kier alpha value is -3.48. The van der Waals surface area contributed by atoms with Gasteiger partial charge >= 0.3 is 0 Å². The Balaban J connectivity index is 1.69. The molecule has 3 rings (SSSR count). The summed E-state index contributed by atoms with van der Waals surface area (Å²) in [6, 6.07) is 24.7. The van der Waals surface area contributed by atoms with Gasteiger partial charge in [0, 0.05) is 37.3 Å². The van der Waals surface area contributed by atoms with Gasteiger partial charge in [0.25, 0.3) is 11.8 Å². The molecule has 0 saturated carbocycles. The summed E-state index contributed by atoms with van der Waals surface area (Å²) >= 11 is 0. The minimum Gasteiger partial charge on any atom is -0.390 e. The second-order valence-corrected chi connectivity index (χ2v) is 11.8. The molecule has 6 nitrogen and oxygen atoms in total. The molecule has 220 valence electrons. The van der Waals surface area contributed by atoms with Crippen LogP contribution in [0.1, 0.15) is 84.9 Å². The third-order valence-electron chi connectivity index (χ3n) is 7.23. The molecule has 3 aromatic rings. The van der Waals surface area contributed by atoms with Crippen molar-refractivity contribution in [1.82, 2.24) is 15.5 Å². The Labute approximate surface area is 246 Å². The zero-order chi connectivity index (χ0) is 29.8. The SMILES string of the molecule is CCCN(CCC)C(=O)c1cccc(C(=O)N[C@@H](Cc2ccccc2)[C@H](O)CNCc2ccc(C(C)(C)C)cc2)c1. The molecule has 0 aliphatic heterocycles. The fraction of sp³-hybridized carbons (Fsp3) is 0.429. The largest absolute Gasteiger partial charge is 0.390 e. The smallest absolute Gasteiger partial charge is 0.253 e. The van der Waals surface area contributed by atoms with Gasteiger partial charge in [0.05, 0.1) is 12.1 Å². The molecule has 0 heterocycles. The summed E-state index contributed by atoms with van der Waals surface area (Å²) in [5, 5.41) is 17.6. The van der Waals surface area contributed by atoms with Crippen molar-refractivity contribution in [3.63, 3.8) is 0 Å². The predicted octanol–water partition coefficient (Wildman–Crippen LogP) is 5.74. The number of amides is 2. The Kier molecular flexibility index (Phi) is 12.1. The third-order valence-corrected chi connectivity index (χ3v) is 7.23. The lowest BCUT2D eigenvalue weighted by Gasteiger charge is -2.25. The highest BCUT2D eigenvalue weighted by molar-refractivity contribution is 5.99. The highest BCUT2D eigenvalue weighted by Gasteiger charge is 2.23. The first kappa shape index (κ1) is 32.0. The van der Waals surface area contributed by atoms with Crippen molar-refractivity contribution in [2.45, 2.75) is 78.0 Å². The zero-order valence-electron chi connectivity index (χ0n) is 25.3. The van der Waals surface area contributed by atoms with Crippen molar-refractivity contribution < 1.29 is 14.7 Å². The Morgan fingerprint density at radius 3 is 2.07 bits per heavy atom. The van der Waals surface area contributed by atoms with E-state index in [1.165, 1.54) is 5.56 Å². The molecule has 0 fully saturated rings. The van der Waals surface area contributed by atoms with Crippen LogP contribution >= 0.6 is 0 Å². The van der Waals surface area contributed by atoms with Crippen LogP contribution in [-0.2, 0) is 18.4 Å². The molecule has 0 spiro atoms. The van der Waals surface area contributed by atoms with Crippen LogP contribution in [0, 0.1) is 0 Å². The fourth-order valence-electron chi connectivity index (χ4n) is 4.86. The van der Waals surface area contributed by atoms with Gasteiger partial charge in [-0.2, -0.15) is 0 Å². The molecule has 0 unspecified atom stereocenters. The number of hydrogen-bond acceptors (Lipinski definition) is 4. The first-order valence-corrected chi connectivity index (χ1v) is 14.8. The molecule has 0 aliphatic rings. The van der Waals surface area contributed by atoms with Crippen molar-refractivity contribution in [3.8, 4) is 0 Å². The molecule has 0 aromatic heterocycles. The zero-order valence-corrected chi connectivity index (χ0v) is 25.3. The summed E-state index contributed by atoms with van der Waals surface area (Å²) < 4.78 is 0. The van der Waals surface area contributed by atoms with Crippen LogP contribution in [-0.4, -0.2) is 53.6 Å². The van der Waals surface area contributed by atoms with Crippen molar-refractivity contribution in [2.75, 3.05) is 19.6 Å². The Morgan fingerprint density at radius 2 is 1.46 bits per heavy atom. The maximum atomic E-state index is 13.4. The van der Waals surface area contributed by atoms with E-state index < -0.39 is 12.1 Å². The molecular weight excluding hydrogens is 510 g/mol. The van der Waals surface area contributed by atoms with Crippen LogP contribution in [0.4, 0.5) is 0 Å². The van der Waals surface area contributed by atoms with Gasteiger partial charge in [0.15, 0.2) is 0 Å². The molecule has 0 bridgehead atoms. The van der Waals surface area contributed by atoms with E-state index in [1.807, 2.05) is 35.2 Å². The van der Waals surface area contributed by atoms with Gasteiger partial charge < -0.3 is 20.6 Å². The van der Waals surface area contributed by atoms with Crippen molar-refractivity contribution in [3.05, 3.63) is 107 Å². The second kappa shape index (κ2) is 15.5. The number of rotatable bonds is 14. The van der Waals surface area contributed by atoms with Crippen LogP contribution in [0.5, 0.6) is 0 Å². The monoisotopic (exact) mass is 557 g/mol. The van der Waals surface area contributed by atoms with Crippen LogP contribution in [0.25, 0.3) is 0 Å². The minimum atomic E-state index is -0.817. The fourth-order valence-corrected chi connectivity index (χ4v) is 4.86. The molecule has 6 heteroatoms. The molecule has 0 aliphatic carbocycles. The number of hydrogen-bond donors (Lipinski definition) is 3. The summed E-state index contributed by atoms with van der Waals surface area (Å²) in [6.07, 6.45) is 1.42. The van der Waals surface area contributed by atoms with Crippen molar-refractivity contribution in [1.29, 1.82) is 0 Å².